The standard InChI is InChI=1S/C16H22Cl2N2O4S/c1-10-7-12(9-20(10,15(21)22)16(2,3)4)19-25(23,24)14-8-11(17)5-6-13(14)18/h5-6,8,10,12,19H,7,9H2,1-4H3/p+1/t10-,12+,20?/m0/s1. The molecular weight excluding hydrogens is 387 g/mol. The van der Waals surface area contributed by atoms with Gasteiger partial charge in [0.15, 0.2) is 0 Å². The third kappa shape index (κ3) is 3.66. The Morgan fingerprint density at radius 1 is 1.32 bits per heavy atom. The van der Waals surface area contributed by atoms with Crippen LogP contribution in [0.1, 0.15) is 34.1 Å². The van der Waals surface area contributed by atoms with Gasteiger partial charge in [0.1, 0.15) is 17.0 Å². The summed E-state index contributed by atoms with van der Waals surface area (Å²) in [4.78, 5) is 11.9. The van der Waals surface area contributed by atoms with Crippen LogP contribution in [-0.4, -0.2) is 48.3 Å². The third-order valence-corrected chi connectivity index (χ3v) is 7.17. The summed E-state index contributed by atoms with van der Waals surface area (Å²) in [7, 11) is -3.91. The van der Waals surface area contributed by atoms with Gasteiger partial charge in [0, 0.05) is 11.4 Å². The van der Waals surface area contributed by atoms with Gasteiger partial charge in [-0.3, -0.25) is 0 Å². The Balaban J connectivity index is 2.33. The summed E-state index contributed by atoms with van der Waals surface area (Å²) in [5, 5.41) is 10.2. The zero-order chi connectivity index (χ0) is 19.2. The number of hydrogen-bond donors (Lipinski definition) is 2. The fourth-order valence-corrected chi connectivity index (χ4v) is 5.74. The fourth-order valence-electron chi connectivity index (χ4n) is 3.73. The maximum atomic E-state index is 12.7. The smallest absolute Gasteiger partial charge is 0.435 e. The number of halogens is 2. The molecule has 3 atom stereocenters. The Bertz CT molecular complexity index is 792. The lowest BCUT2D eigenvalue weighted by Crippen LogP contribution is -2.65. The monoisotopic (exact) mass is 409 g/mol. The van der Waals surface area contributed by atoms with Gasteiger partial charge in [-0.15, -0.1) is 0 Å². The molecule has 1 fully saturated rings. The molecule has 1 aliphatic rings. The third-order valence-electron chi connectivity index (χ3n) is 4.93. The average molecular weight is 410 g/mol. The molecule has 1 aliphatic heterocycles. The van der Waals surface area contributed by atoms with Crippen molar-refractivity contribution in [3.05, 3.63) is 28.2 Å². The molecule has 0 aliphatic carbocycles. The van der Waals surface area contributed by atoms with Crippen molar-refractivity contribution in [1.29, 1.82) is 0 Å². The van der Waals surface area contributed by atoms with Gasteiger partial charge in [-0.05, 0) is 45.9 Å². The van der Waals surface area contributed by atoms with E-state index in [1.807, 2.05) is 27.7 Å². The van der Waals surface area contributed by atoms with Gasteiger partial charge in [-0.2, -0.15) is 4.79 Å². The van der Waals surface area contributed by atoms with Crippen LogP contribution in [0.2, 0.25) is 10.0 Å². The van der Waals surface area contributed by atoms with Gasteiger partial charge in [0.25, 0.3) is 0 Å². The highest BCUT2D eigenvalue weighted by atomic mass is 35.5. The molecule has 0 spiro atoms. The Kier molecular flexibility index (Phi) is 5.48. The maximum absolute atomic E-state index is 12.7. The molecule has 1 unspecified atom stereocenters. The lowest BCUT2D eigenvalue weighted by atomic mass is 10.0. The topological polar surface area (TPSA) is 83.5 Å². The lowest BCUT2D eigenvalue weighted by Gasteiger charge is -2.43. The summed E-state index contributed by atoms with van der Waals surface area (Å²) in [5.41, 5.74) is -0.570. The van der Waals surface area contributed by atoms with E-state index in [0.717, 1.165) is 0 Å². The molecule has 2 rings (SSSR count). The number of amides is 1. The normalized spacial score (nSPS) is 27.4. The molecule has 0 aromatic heterocycles. The number of nitrogens with one attached hydrogen (secondary N) is 1. The van der Waals surface area contributed by atoms with E-state index < -0.39 is 27.7 Å². The van der Waals surface area contributed by atoms with Crippen molar-refractivity contribution < 1.29 is 22.8 Å². The summed E-state index contributed by atoms with van der Waals surface area (Å²) in [6, 6.07) is 3.47. The quantitative estimate of drug-likeness (QED) is 0.744. The first-order chi connectivity index (χ1) is 11.3. The van der Waals surface area contributed by atoms with E-state index in [0.29, 0.717) is 6.42 Å². The van der Waals surface area contributed by atoms with Crippen LogP contribution in [0.15, 0.2) is 23.1 Å². The molecule has 6 nitrogen and oxygen atoms in total. The second kappa shape index (κ2) is 6.70. The van der Waals surface area contributed by atoms with E-state index in [1.165, 1.54) is 18.2 Å². The van der Waals surface area contributed by atoms with Gasteiger partial charge in [0.2, 0.25) is 10.0 Å². The molecule has 0 radical (unpaired) electrons. The molecular formula is C16H23Cl2N2O4S+. The van der Waals surface area contributed by atoms with Crippen LogP contribution < -0.4 is 4.72 Å². The van der Waals surface area contributed by atoms with Crippen molar-refractivity contribution >= 4 is 39.3 Å². The van der Waals surface area contributed by atoms with Gasteiger partial charge in [-0.1, -0.05) is 23.2 Å². The molecule has 2 N–H and O–H groups in total. The van der Waals surface area contributed by atoms with Crippen molar-refractivity contribution in [3.63, 3.8) is 0 Å². The minimum atomic E-state index is -3.91. The van der Waals surface area contributed by atoms with Crippen LogP contribution in [0.4, 0.5) is 4.79 Å². The Hall–Kier alpha value is -0.860. The predicted octanol–water partition coefficient (Wildman–Crippen LogP) is 3.73. The zero-order valence-electron chi connectivity index (χ0n) is 14.6. The molecule has 25 heavy (non-hydrogen) atoms. The van der Waals surface area contributed by atoms with Crippen molar-refractivity contribution in [2.24, 2.45) is 0 Å². The minimum absolute atomic E-state index is 0.0674. The zero-order valence-corrected chi connectivity index (χ0v) is 16.9. The lowest BCUT2D eigenvalue weighted by molar-refractivity contribution is -0.913. The second-order valence-corrected chi connectivity index (χ2v) is 10.0. The summed E-state index contributed by atoms with van der Waals surface area (Å²) in [6.07, 6.45) is -0.538. The van der Waals surface area contributed by atoms with Crippen LogP contribution in [0, 0.1) is 0 Å². The molecule has 1 saturated heterocycles. The highest BCUT2D eigenvalue weighted by Gasteiger charge is 2.58. The summed E-state index contributed by atoms with van der Waals surface area (Å²) < 4.78 is 27.8. The Morgan fingerprint density at radius 3 is 2.40 bits per heavy atom. The predicted molar refractivity (Wildman–Crippen MR) is 97.6 cm³/mol. The van der Waals surface area contributed by atoms with Crippen molar-refractivity contribution in [2.75, 3.05) is 6.54 Å². The molecule has 0 saturated carbocycles. The largest absolute Gasteiger partial charge is 0.514 e. The van der Waals surface area contributed by atoms with E-state index in [4.69, 9.17) is 23.2 Å². The van der Waals surface area contributed by atoms with E-state index in [2.05, 4.69) is 4.72 Å². The number of benzene rings is 1. The van der Waals surface area contributed by atoms with Gasteiger partial charge >= 0.3 is 6.09 Å². The number of quaternary nitrogens is 1. The number of rotatable bonds is 3. The van der Waals surface area contributed by atoms with Gasteiger partial charge in [-0.25, -0.2) is 17.6 Å². The van der Waals surface area contributed by atoms with Gasteiger partial charge < -0.3 is 5.11 Å². The molecule has 0 bridgehead atoms. The highest BCUT2D eigenvalue weighted by molar-refractivity contribution is 7.89. The molecule has 1 aromatic carbocycles. The van der Waals surface area contributed by atoms with Crippen LogP contribution >= 0.6 is 23.2 Å². The number of sulfonamides is 1. The minimum Gasteiger partial charge on any atom is -0.435 e. The summed E-state index contributed by atoms with van der Waals surface area (Å²) in [5.74, 6) is 0. The van der Waals surface area contributed by atoms with Crippen LogP contribution in [0.25, 0.3) is 0 Å². The van der Waals surface area contributed by atoms with E-state index in [1.54, 1.807) is 0 Å². The first-order valence-corrected chi connectivity index (χ1v) is 10.1. The second-order valence-electron chi connectivity index (χ2n) is 7.48. The highest BCUT2D eigenvalue weighted by Crippen LogP contribution is 2.37. The van der Waals surface area contributed by atoms with Crippen molar-refractivity contribution in [1.82, 2.24) is 4.72 Å². The molecule has 1 amide bonds. The Labute approximate surface area is 158 Å². The first kappa shape index (κ1) is 20.5. The van der Waals surface area contributed by atoms with E-state index >= 15 is 0 Å². The summed E-state index contributed by atoms with van der Waals surface area (Å²) >= 11 is 11.9. The number of hydrogen-bond acceptors (Lipinski definition) is 3. The molecule has 9 heteroatoms. The van der Waals surface area contributed by atoms with Crippen LogP contribution in [0.3, 0.4) is 0 Å². The average Bonchev–Trinajstić information content (AvgIpc) is 2.77. The maximum Gasteiger partial charge on any atom is 0.514 e. The number of carboxylic acid groups (broad SMARTS) is 1. The van der Waals surface area contributed by atoms with E-state index in [-0.39, 0.29) is 32.0 Å². The summed E-state index contributed by atoms with van der Waals surface area (Å²) in [6.45, 7) is 7.55. The van der Waals surface area contributed by atoms with Crippen molar-refractivity contribution in [2.45, 2.75) is 56.6 Å². The molecule has 140 valence electrons. The first-order valence-electron chi connectivity index (χ1n) is 7.90. The fraction of sp³-hybridized carbons (Fsp3) is 0.562. The number of likely N-dealkylation sites (tertiary alicyclic amines) is 1. The van der Waals surface area contributed by atoms with Gasteiger partial charge in [0.05, 0.1) is 17.1 Å². The van der Waals surface area contributed by atoms with Crippen molar-refractivity contribution in [3.8, 4) is 0 Å². The Morgan fingerprint density at radius 2 is 1.92 bits per heavy atom. The van der Waals surface area contributed by atoms with E-state index in [9.17, 15) is 18.3 Å². The van der Waals surface area contributed by atoms with Crippen LogP contribution in [-0.2, 0) is 10.0 Å². The molecule has 1 heterocycles. The van der Waals surface area contributed by atoms with Crippen LogP contribution in [0.5, 0.6) is 0 Å². The number of carbonyl (C=O) groups is 1. The SMILES string of the molecule is C[C@H]1C[C@@H](NS(=O)(=O)c2cc(Cl)ccc2Cl)C[N+]1(C(=O)O)C(C)(C)C. The molecule has 1 aromatic rings. The number of nitrogens with zero attached hydrogens (tertiary/aromatic N) is 1.